The molecule has 0 saturated carbocycles. The molecule has 3 rings (SSSR count). The fraction of sp³-hybridized carbons (Fsp3) is 0.105. The molecule has 2 N–H and O–H groups in total. The molecule has 1 amide bonds. The molecule has 9 heteroatoms. The zero-order valence-corrected chi connectivity index (χ0v) is 15.8. The van der Waals surface area contributed by atoms with E-state index in [-0.39, 0.29) is 17.1 Å². The van der Waals surface area contributed by atoms with Gasteiger partial charge in [-0.1, -0.05) is 18.2 Å². The number of carbonyl (C=O) groups excluding carboxylic acids is 1. The van der Waals surface area contributed by atoms with E-state index in [0.717, 1.165) is 0 Å². The topological polar surface area (TPSA) is 114 Å². The molecule has 8 nitrogen and oxygen atoms in total. The van der Waals surface area contributed by atoms with Gasteiger partial charge < -0.3 is 4.42 Å². The van der Waals surface area contributed by atoms with Crippen LogP contribution in [0.25, 0.3) is 0 Å². The van der Waals surface area contributed by atoms with Crippen molar-refractivity contribution in [1.29, 1.82) is 0 Å². The van der Waals surface area contributed by atoms with Crippen LogP contribution in [0.5, 0.6) is 0 Å². The monoisotopic (exact) mass is 398 g/mol. The third-order valence-electron chi connectivity index (χ3n) is 3.82. The number of sulfonamides is 1. The molecule has 0 radical (unpaired) electrons. The molecule has 0 bridgehead atoms. The number of hydrazone groups is 1. The number of pyridine rings is 1. The minimum atomic E-state index is -3.67. The van der Waals surface area contributed by atoms with Crippen molar-refractivity contribution in [2.24, 2.45) is 5.10 Å². The van der Waals surface area contributed by atoms with Gasteiger partial charge in [-0.25, -0.2) is 18.6 Å². The van der Waals surface area contributed by atoms with Gasteiger partial charge in [0.15, 0.2) is 0 Å². The summed E-state index contributed by atoms with van der Waals surface area (Å²) in [6.45, 7) is 1.77. The minimum Gasteiger partial charge on any atom is -0.468 e. The Labute approximate surface area is 162 Å². The summed E-state index contributed by atoms with van der Waals surface area (Å²) in [6, 6.07) is 14.6. The molecule has 2 aromatic heterocycles. The van der Waals surface area contributed by atoms with Gasteiger partial charge in [0.05, 0.1) is 23.4 Å². The van der Waals surface area contributed by atoms with Crippen LogP contribution in [0.4, 0.5) is 0 Å². The van der Waals surface area contributed by atoms with E-state index in [1.54, 1.807) is 49.4 Å². The van der Waals surface area contributed by atoms with E-state index in [4.69, 9.17) is 4.42 Å². The number of carbonyl (C=O) groups is 1. The van der Waals surface area contributed by atoms with Crippen LogP contribution in [-0.2, 0) is 16.6 Å². The number of nitrogens with zero attached hydrogens (tertiary/aromatic N) is 2. The van der Waals surface area contributed by atoms with Gasteiger partial charge in [-0.2, -0.15) is 5.10 Å². The SMILES string of the molecule is C/C(=N/NC(=O)c1ccccn1)c1ccc(S(=O)(=O)NCc2ccco2)cc1. The van der Waals surface area contributed by atoms with Crippen molar-refractivity contribution in [2.75, 3.05) is 0 Å². The molecular formula is C19H18N4O4S. The first-order valence-corrected chi connectivity index (χ1v) is 9.82. The summed E-state index contributed by atoms with van der Waals surface area (Å²) in [4.78, 5) is 16.0. The van der Waals surface area contributed by atoms with Crippen LogP contribution < -0.4 is 10.1 Å². The third kappa shape index (κ3) is 4.90. The highest BCUT2D eigenvalue weighted by atomic mass is 32.2. The number of rotatable bonds is 7. The molecule has 28 heavy (non-hydrogen) atoms. The number of nitrogens with one attached hydrogen (secondary N) is 2. The van der Waals surface area contributed by atoms with Gasteiger partial charge in [-0.05, 0) is 48.9 Å². The molecule has 0 fully saturated rings. The Balaban J connectivity index is 1.65. The maximum absolute atomic E-state index is 12.3. The lowest BCUT2D eigenvalue weighted by Gasteiger charge is -2.07. The molecule has 0 aliphatic carbocycles. The van der Waals surface area contributed by atoms with E-state index in [1.165, 1.54) is 24.6 Å². The third-order valence-corrected chi connectivity index (χ3v) is 5.24. The highest BCUT2D eigenvalue weighted by Gasteiger charge is 2.14. The number of benzene rings is 1. The van der Waals surface area contributed by atoms with Crippen LogP contribution in [0.3, 0.4) is 0 Å². The first kappa shape index (κ1) is 19.5. The Hall–Kier alpha value is -3.30. The largest absolute Gasteiger partial charge is 0.468 e. The van der Waals surface area contributed by atoms with Gasteiger partial charge in [0, 0.05) is 6.20 Å². The predicted molar refractivity (Wildman–Crippen MR) is 103 cm³/mol. The average Bonchev–Trinajstić information content (AvgIpc) is 3.25. The molecule has 0 aliphatic rings. The van der Waals surface area contributed by atoms with Gasteiger partial charge >= 0.3 is 0 Å². The number of aromatic nitrogens is 1. The summed E-state index contributed by atoms with van der Waals surface area (Å²) in [6.07, 6.45) is 3.00. The van der Waals surface area contributed by atoms with Crippen molar-refractivity contribution in [3.05, 3.63) is 84.1 Å². The summed E-state index contributed by atoms with van der Waals surface area (Å²) < 4.78 is 32.2. The van der Waals surface area contributed by atoms with Gasteiger partial charge in [0.25, 0.3) is 5.91 Å². The minimum absolute atomic E-state index is 0.0666. The summed E-state index contributed by atoms with van der Waals surface area (Å²) in [7, 11) is -3.67. The second-order valence-corrected chi connectivity index (χ2v) is 7.55. The fourth-order valence-corrected chi connectivity index (χ4v) is 3.28. The lowest BCUT2D eigenvalue weighted by atomic mass is 10.1. The second-order valence-electron chi connectivity index (χ2n) is 5.78. The van der Waals surface area contributed by atoms with Gasteiger partial charge in [0.1, 0.15) is 11.5 Å². The molecular weight excluding hydrogens is 380 g/mol. The van der Waals surface area contributed by atoms with Crippen LogP contribution in [0, 0.1) is 0 Å². The molecule has 2 heterocycles. The molecule has 0 aliphatic heterocycles. The quantitative estimate of drug-likeness (QED) is 0.468. The first-order valence-electron chi connectivity index (χ1n) is 8.34. The van der Waals surface area contributed by atoms with Crippen molar-refractivity contribution in [3.8, 4) is 0 Å². The highest BCUT2D eigenvalue weighted by Crippen LogP contribution is 2.12. The highest BCUT2D eigenvalue weighted by molar-refractivity contribution is 7.89. The predicted octanol–water partition coefficient (Wildman–Crippen LogP) is 2.31. The Bertz CT molecular complexity index is 1060. The van der Waals surface area contributed by atoms with E-state index in [2.05, 4.69) is 20.2 Å². The molecule has 0 atom stereocenters. The lowest BCUT2D eigenvalue weighted by molar-refractivity contribution is 0.0950. The maximum atomic E-state index is 12.3. The van der Waals surface area contributed by atoms with Crippen molar-refractivity contribution < 1.29 is 17.6 Å². The molecule has 1 aromatic carbocycles. The average molecular weight is 398 g/mol. The Kier molecular flexibility index (Phi) is 5.97. The van der Waals surface area contributed by atoms with E-state index in [1.807, 2.05) is 0 Å². The summed E-state index contributed by atoms with van der Waals surface area (Å²) >= 11 is 0. The van der Waals surface area contributed by atoms with Crippen LogP contribution in [0.15, 0.2) is 81.5 Å². The smallest absolute Gasteiger partial charge is 0.289 e. The molecule has 3 aromatic rings. The molecule has 0 saturated heterocycles. The Morgan fingerprint density at radius 3 is 2.54 bits per heavy atom. The van der Waals surface area contributed by atoms with Crippen LogP contribution in [0.2, 0.25) is 0 Å². The number of amides is 1. The van der Waals surface area contributed by atoms with E-state index >= 15 is 0 Å². The lowest BCUT2D eigenvalue weighted by Crippen LogP contribution is -2.23. The van der Waals surface area contributed by atoms with E-state index in [0.29, 0.717) is 17.0 Å². The standard InChI is InChI=1S/C19H18N4O4S/c1-14(22-23-19(24)18-6-2-3-11-20-18)15-7-9-17(10-8-15)28(25,26)21-13-16-5-4-12-27-16/h2-12,21H,13H2,1H3,(H,23,24)/b22-14-. The van der Waals surface area contributed by atoms with Crippen molar-refractivity contribution in [2.45, 2.75) is 18.4 Å². The van der Waals surface area contributed by atoms with E-state index in [9.17, 15) is 13.2 Å². The van der Waals surface area contributed by atoms with Crippen molar-refractivity contribution in [1.82, 2.24) is 15.1 Å². The zero-order chi connectivity index (χ0) is 20.0. The van der Waals surface area contributed by atoms with Gasteiger partial charge in [0.2, 0.25) is 10.0 Å². The molecule has 144 valence electrons. The van der Waals surface area contributed by atoms with Crippen LogP contribution in [0.1, 0.15) is 28.7 Å². The Morgan fingerprint density at radius 2 is 1.89 bits per heavy atom. The van der Waals surface area contributed by atoms with E-state index < -0.39 is 15.9 Å². The second kappa shape index (κ2) is 8.59. The summed E-state index contributed by atoms with van der Waals surface area (Å²) in [5, 5.41) is 4.03. The van der Waals surface area contributed by atoms with Gasteiger partial charge in [-0.3, -0.25) is 9.78 Å². The number of hydrogen-bond acceptors (Lipinski definition) is 6. The summed E-state index contributed by atoms with van der Waals surface area (Å²) in [5.41, 5.74) is 3.87. The van der Waals surface area contributed by atoms with Crippen molar-refractivity contribution in [3.63, 3.8) is 0 Å². The maximum Gasteiger partial charge on any atom is 0.289 e. The first-order chi connectivity index (χ1) is 13.5. The molecule has 0 unspecified atom stereocenters. The molecule has 0 spiro atoms. The number of hydrogen-bond donors (Lipinski definition) is 2. The van der Waals surface area contributed by atoms with Crippen LogP contribution in [-0.4, -0.2) is 25.0 Å². The van der Waals surface area contributed by atoms with Gasteiger partial charge in [-0.15, -0.1) is 0 Å². The van der Waals surface area contributed by atoms with Crippen LogP contribution >= 0.6 is 0 Å². The normalized spacial score (nSPS) is 12.0. The Morgan fingerprint density at radius 1 is 1.11 bits per heavy atom. The fourth-order valence-electron chi connectivity index (χ4n) is 2.29. The number of furan rings is 1. The van der Waals surface area contributed by atoms with Crippen molar-refractivity contribution >= 4 is 21.6 Å². The summed E-state index contributed by atoms with van der Waals surface area (Å²) in [5.74, 6) is 0.0908. The zero-order valence-electron chi connectivity index (χ0n) is 15.0.